The fraction of sp³-hybridized carbons (Fsp3) is 0.314. The van der Waals surface area contributed by atoms with Gasteiger partial charge in [-0.25, -0.2) is 0 Å². The Kier molecular flexibility index (Phi) is 6.18. The van der Waals surface area contributed by atoms with Crippen LogP contribution >= 0.6 is 0 Å². The van der Waals surface area contributed by atoms with Gasteiger partial charge >= 0.3 is 0 Å². The highest BCUT2D eigenvalue weighted by atomic mass is 15.2. The van der Waals surface area contributed by atoms with E-state index in [0.29, 0.717) is 0 Å². The Balaban J connectivity index is 1.78. The maximum atomic E-state index is 4.81. The molecule has 0 saturated carbocycles. The lowest BCUT2D eigenvalue weighted by Gasteiger charge is -2.32. The molecule has 2 heterocycles. The zero-order chi connectivity index (χ0) is 26.5. The highest BCUT2D eigenvalue weighted by Crippen LogP contribution is 2.58. The molecule has 1 aliphatic carbocycles. The Morgan fingerprint density at radius 1 is 0.919 bits per heavy atom. The first-order valence-electron chi connectivity index (χ1n) is 13.6. The van der Waals surface area contributed by atoms with Gasteiger partial charge in [-0.15, -0.1) is 0 Å². The molecule has 0 fully saturated rings. The van der Waals surface area contributed by atoms with Gasteiger partial charge in [0.2, 0.25) is 0 Å². The molecular formula is C35H40N2. The van der Waals surface area contributed by atoms with Crippen LogP contribution in [0.5, 0.6) is 0 Å². The second-order valence-corrected chi connectivity index (χ2v) is 11.5. The van der Waals surface area contributed by atoms with Crippen molar-refractivity contribution >= 4 is 16.8 Å². The van der Waals surface area contributed by atoms with Gasteiger partial charge in [0.25, 0.3) is 0 Å². The van der Waals surface area contributed by atoms with Gasteiger partial charge < -0.3 is 10.2 Å². The van der Waals surface area contributed by atoms with Crippen molar-refractivity contribution in [1.82, 2.24) is 4.90 Å². The highest BCUT2D eigenvalue weighted by Gasteiger charge is 2.46. The Bertz CT molecular complexity index is 1420. The third-order valence-corrected chi connectivity index (χ3v) is 8.64. The monoisotopic (exact) mass is 488 g/mol. The minimum atomic E-state index is -0.138. The molecule has 2 aromatic carbocycles. The standard InChI is InChI=1S/C35H40N2/c1-9-11-21-29-24(4)34(5,6)33(37(29)22-12-10-2)31-23(3)30(25-17-13-14-18-26(25)31)32-35(7,8)27-19-15-16-20-28(27)36-32/h9,11,13-21,36H,1,3,10,12,22H2,2,4-8H3/b21-11-,32-30-,33-31-. The van der Waals surface area contributed by atoms with E-state index in [0.717, 1.165) is 25.0 Å². The molecule has 0 spiro atoms. The summed E-state index contributed by atoms with van der Waals surface area (Å²) in [6.07, 6.45) is 8.45. The summed E-state index contributed by atoms with van der Waals surface area (Å²) >= 11 is 0. The Labute approximate surface area is 223 Å². The summed E-state index contributed by atoms with van der Waals surface area (Å²) in [7, 11) is 0. The van der Waals surface area contributed by atoms with Crippen molar-refractivity contribution in [2.24, 2.45) is 5.41 Å². The lowest BCUT2D eigenvalue weighted by Crippen LogP contribution is -2.26. The first-order valence-corrected chi connectivity index (χ1v) is 13.6. The number of para-hydroxylation sites is 1. The number of hydrogen-bond acceptors (Lipinski definition) is 2. The SMILES string of the molecule is C=C/C=C\C1=C(C)C(C)(C)/C(=C2\C(=C)/C(=C3/Nc4ccccc4C3(C)C)c3ccccc32)N1CCCC. The van der Waals surface area contributed by atoms with Crippen molar-refractivity contribution in [1.29, 1.82) is 0 Å². The normalized spacial score (nSPS) is 23.6. The zero-order valence-electron chi connectivity index (χ0n) is 23.3. The molecule has 190 valence electrons. The van der Waals surface area contributed by atoms with E-state index in [2.05, 4.69) is 119 Å². The molecule has 0 saturated heterocycles. The Hall–Kier alpha value is -3.52. The van der Waals surface area contributed by atoms with Crippen molar-refractivity contribution in [3.8, 4) is 0 Å². The fourth-order valence-corrected chi connectivity index (χ4v) is 6.39. The number of unbranched alkanes of at least 4 members (excludes halogenated alkanes) is 1. The van der Waals surface area contributed by atoms with E-state index in [1.54, 1.807) is 0 Å². The van der Waals surface area contributed by atoms with Crippen molar-refractivity contribution < 1.29 is 0 Å². The molecule has 2 heteroatoms. The predicted octanol–water partition coefficient (Wildman–Crippen LogP) is 9.24. The molecule has 0 radical (unpaired) electrons. The van der Waals surface area contributed by atoms with Crippen LogP contribution in [0.1, 0.15) is 71.1 Å². The third-order valence-electron chi connectivity index (χ3n) is 8.64. The van der Waals surface area contributed by atoms with Gasteiger partial charge in [-0.2, -0.15) is 0 Å². The number of hydrogen-bond donors (Lipinski definition) is 1. The average molecular weight is 489 g/mol. The molecule has 0 amide bonds. The minimum Gasteiger partial charge on any atom is -0.357 e. The summed E-state index contributed by atoms with van der Waals surface area (Å²) in [5.41, 5.74) is 13.8. The van der Waals surface area contributed by atoms with Gasteiger partial charge in [-0.05, 0) is 53.3 Å². The first kappa shape index (κ1) is 25.1. The van der Waals surface area contributed by atoms with E-state index in [4.69, 9.17) is 6.58 Å². The number of anilines is 1. The molecule has 0 aromatic heterocycles. The number of nitrogens with zero attached hydrogens (tertiary/aromatic N) is 1. The van der Waals surface area contributed by atoms with E-state index >= 15 is 0 Å². The van der Waals surface area contributed by atoms with Gasteiger partial charge in [0, 0.05) is 51.3 Å². The number of allylic oxidation sites excluding steroid dienone is 8. The van der Waals surface area contributed by atoms with Crippen LogP contribution in [0.4, 0.5) is 5.69 Å². The van der Waals surface area contributed by atoms with Gasteiger partial charge in [-0.1, -0.05) is 109 Å². The summed E-state index contributed by atoms with van der Waals surface area (Å²) in [4.78, 5) is 2.56. The van der Waals surface area contributed by atoms with Gasteiger partial charge in [-0.3, -0.25) is 0 Å². The predicted molar refractivity (Wildman–Crippen MR) is 160 cm³/mol. The lowest BCUT2D eigenvalue weighted by molar-refractivity contribution is 0.384. The van der Waals surface area contributed by atoms with Crippen LogP contribution in [0.25, 0.3) is 11.1 Å². The van der Waals surface area contributed by atoms with Crippen LogP contribution in [0.15, 0.2) is 108 Å². The van der Waals surface area contributed by atoms with Crippen LogP contribution in [0.3, 0.4) is 0 Å². The smallest absolute Gasteiger partial charge is 0.0424 e. The third kappa shape index (κ3) is 3.69. The maximum Gasteiger partial charge on any atom is 0.0424 e. The lowest BCUT2D eigenvalue weighted by atomic mass is 9.79. The van der Waals surface area contributed by atoms with E-state index in [1.807, 2.05) is 6.08 Å². The summed E-state index contributed by atoms with van der Waals surface area (Å²) in [5, 5.41) is 3.81. The van der Waals surface area contributed by atoms with Crippen LogP contribution < -0.4 is 5.32 Å². The summed E-state index contributed by atoms with van der Waals surface area (Å²) < 4.78 is 0. The van der Waals surface area contributed by atoms with Gasteiger partial charge in [0.1, 0.15) is 0 Å². The summed E-state index contributed by atoms with van der Waals surface area (Å²) in [6, 6.07) is 17.6. The maximum absolute atomic E-state index is 4.81. The van der Waals surface area contributed by atoms with E-state index in [-0.39, 0.29) is 10.8 Å². The molecule has 0 unspecified atom stereocenters. The van der Waals surface area contributed by atoms with E-state index in [9.17, 15) is 0 Å². The Morgan fingerprint density at radius 2 is 1.57 bits per heavy atom. The quantitative estimate of drug-likeness (QED) is 0.422. The van der Waals surface area contributed by atoms with Crippen molar-refractivity contribution in [2.45, 2.75) is 59.8 Å². The largest absolute Gasteiger partial charge is 0.357 e. The van der Waals surface area contributed by atoms with Crippen molar-refractivity contribution in [2.75, 3.05) is 11.9 Å². The summed E-state index contributed by atoms with van der Waals surface area (Å²) in [5.74, 6) is 0. The highest BCUT2D eigenvalue weighted by molar-refractivity contribution is 6.11. The molecule has 37 heavy (non-hydrogen) atoms. The van der Waals surface area contributed by atoms with Gasteiger partial charge in [0.15, 0.2) is 0 Å². The number of fused-ring (bicyclic) bond motifs is 2. The fourth-order valence-electron chi connectivity index (χ4n) is 6.39. The molecule has 1 N–H and O–H groups in total. The number of rotatable bonds is 5. The Morgan fingerprint density at radius 3 is 2.22 bits per heavy atom. The number of nitrogens with one attached hydrogen (secondary N) is 1. The molecular weight excluding hydrogens is 448 g/mol. The van der Waals surface area contributed by atoms with E-state index in [1.165, 1.54) is 56.2 Å². The van der Waals surface area contributed by atoms with Crippen LogP contribution in [-0.2, 0) is 5.41 Å². The van der Waals surface area contributed by atoms with Crippen LogP contribution in [0, 0.1) is 5.41 Å². The minimum absolute atomic E-state index is 0.123. The van der Waals surface area contributed by atoms with E-state index < -0.39 is 0 Å². The second kappa shape index (κ2) is 9.10. The molecule has 2 aliphatic heterocycles. The second-order valence-electron chi connectivity index (χ2n) is 11.5. The molecule has 0 atom stereocenters. The van der Waals surface area contributed by atoms with Crippen molar-refractivity contribution in [3.63, 3.8) is 0 Å². The summed E-state index contributed by atoms with van der Waals surface area (Å²) in [6.45, 7) is 23.7. The van der Waals surface area contributed by atoms with Crippen molar-refractivity contribution in [3.05, 3.63) is 125 Å². The average Bonchev–Trinajstić information content (AvgIpc) is 3.38. The topological polar surface area (TPSA) is 15.3 Å². The zero-order valence-corrected chi connectivity index (χ0v) is 23.3. The molecule has 2 nitrogen and oxygen atoms in total. The van der Waals surface area contributed by atoms with Gasteiger partial charge in [0.05, 0.1) is 0 Å². The molecule has 2 aromatic rings. The first-order chi connectivity index (χ1) is 17.7. The van der Waals surface area contributed by atoms with Crippen LogP contribution in [0.2, 0.25) is 0 Å². The number of benzene rings is 2. The molecule has 0 bridgehead atoms. The molecule has 5 rings (SSSR count). The molecule has 3 aliphatic rings. The van der Waals surface area contributed by atoms with Crippen LogP contribution in [-0.4, -0.2) is 11.4 Å².